The number of aliphatic hydroxyl groups excluding tert-OH is 1. The third kappa shape index (κ3) is 2.92. The predicted octanol–water partition coefficient (Wildman–Crippen LogP) is -4.18. The minimum absolute atomic E-state index is 0. The van der Waals surface area contributed by atoms with E-state index in [4.69, 9.17) is 0 Å². The maximum Gasteiger partial charge on any atom is 1.00 e. The van der Waals surface area contributed by atoms with Crippen LogP contribution in [0.15, 0.2) is 10.6 Å². The van der Waals surface area contributed by atoms with E-state index in [1.165, 1.54) is 23.6 Å². The number of nitrogens with one attached hydrogen (secondary N) is 1. The van der Waals surface area contributed by atoms with Crippen LogP contribution in [0, 0.1) is 11.8 Å². The first-order valence-electron chi connectivity index (χ1n) is 7.66. The quantitative estimate of drug-likeness (QED) is 0.388. The Morgan fingerprint density at radius 2 is 2.04 bits per heavy atom. The molecule has 2 amide bonds. The van der Waals surface area contributed by atoms with Crippen molar-refractivity contribution in [3.05, 3.63) is 10.6 Å². The maximum atomic E-state index is 12.2. The van der Waals surface area contributed by atoms with Gasteiger partial charge in [-0.3, -0.25) is 9.59 Å². The van der Waals surface area contributed by atoms with Crippen molar-refractivity contribution in [2.75, 3.05) is 0 Å². The average Bonchev–Trinajstić information content (AvgIpc) is 2.87. The van der Waals surface area contributed by atoms with E-state index in [9.17, 15) is 24.6 Å². The number of aliphatic hydroxyl groups is 1. The zero-order valence-corrected chi connectivity index (χ0v) is 16.9. The molecule has 2 fully saturated rings. The van der Waals surface area contributed by atoms with Gasteiger partial charge >= 0.3 is 29.6 Å². The van der Waals surface area contributed by atoms with Crippen LogP contribution in [0.1, 0.15) is 27.2 Å². The molecule has 0 aliphatic carbocycles. The number of fused-ring (bicyclic) bond motifs is 1. The molecular weight excluding hydrogens is 343 g/mol. The third-order valence-electron chi connectivity index (χ3n) is 4.91. The van der Waals surface area contributed by atoms with Gasteiger partial charge in [0.25, 0.3) is 0 Å². The van der Waals surface area contributed by atoms with Gasteiger partial charge < -0.3 is 25.2 Å². The monoisotopic (exact) mass is 362 g/mol. The van der Waals surface area contributed by atoms with E-state index in [-0.39, 0.29) is 70.3 Å². The molecule has 0 spiro atoms. The molecule has 0 aromatic heterocycles. The normalized spacial score (nSPS) is 36.0. The van der Waals surface area contributed by atoms with Crippen LogP contribution in [-0.4, -0.2) is 51.2 Å². The van der Waals surface area contributed by atoms with Crippen molar-refractivity contribution in [1.82, 2.24) is 10.2 Å². The van der Waals surface area contributed by atoms with E-state index >= 15 is 0 Å². The fraction of sp³-hybridized carbons (Fsp3) is 0.667. The summed E-state index contributed by atoms with van der Waals surface area (Å²) in [4.78, 5) is 37.1. The molecule has 3 rings (SSSR count). The van der Waals surface area contributed by atoms with E-state index in [0.29, 0.717) is 11.3 Å². The van der Waals surface area contributed by atoms with Gasteiger partial charge in [-0.1, -0.05) is 6.92 Å². The van der Waals surface area contributed by atoms with E-state index in [2.05, 4.69) is 5.32 Å². The summed E-state index contributed by atoms with van der Waals surface area (Å²) in [5, 5.41) is 24.1. The second kappa shape index (κ2) is 6.99. The Morgan fingerprint density at radius 1 is 1.42 bits per heavy atom. The Balaban J connectivity index is 0.00000208. The number of carboxylic acid groups (broad SMARTS) is 1. The summed E-state index contributed by atoms with van der Waals surface area (Å²) >= 11 is 1.33. The molecule has 0 bridgehead atoms. The first-order valence-corrected chi connectivity index (χ1v) is 8.54. The Morgan fingerprint density at radius 3 is 2.50 bits per heavy atom. The maximum absolute atomic E-state index is 12.2. The van der Waals surface area contributed by atoms with Gasteiger partial charge in [0.15, 0.2) is 0 Å². The van der Waals surface area contributed by atoms with Gasteiger partial charge in [0.1, 0.15) is 0 Å². The second-order valence-electron chi connectivity index (χ2n) is 6.47. The molecule has 2 N–H and O–H groups in total. The number of carbonyl (C=O) groups excluding carboxylic acids is 3. The van der Waals surface area contributed by atoms with E-state index in [1.54, 1.807) is 0 Å². The SMILES string of the molecule is C[C@@H](O)[C@H]1C(=O)N2C(C(=O)[O-])=C(S[C@@H]3CC(=O)N[C@@H]3C)[C@H](C)[C@H]12.[Na+]. The van der Waals surface area contributed by atoms with Crippen LogP contribution in [0.2, 0.25) is 0 Å². The molecule has 2 saturated heterocycles. The van der Waals surface area contributed by atoms with E-state index in [0.717, 1.165) is 0 Å². The first-order chi connectivity index (χ1) is 10.7. The van der Waals surface area contributed by atoms with Crippen LogP contribution in [0.3, 0.4) is 0 Å². The Hall–Kier alpha value is -0.540. The minimum atomic E-state index is -1.39. The number of hydrogen-bond acceptors (Lipinski definition) is 6. The van der Waals surface area contributed by atoms with Crippen molar-refractivity contribution in [1.29, 1.82) is 0 Å². The summed E-state index contributed by atoms with van der Waals surface area (Å²) in [6.45, 7) is 5.27. The Bertz CT molecular complexity index is 623. The zero-order chi connectivity index (χ0) is 17.0. The van der Waals surface area contributed by atoms with E-state index < -0.39 is 18.0 Å². The van der Waals surface area contributed by atoms with Gasteiger partial charge in [-0.05, 0) is 13.8 Å². The summed E-state index contributed by atoms with van der Waals surface area (Å²) in [5.74, 6) is -2.60. The second-order valence-corrected chi connectivity index (χ2v) is 7.75. The number of nitrogens with zero attached hydrogens (tertiary/aromatic N) is 1. The van der Waals surface area contributed by atoms with Gasteiger partial charge in [-0.25, -0.2) is 0 Å². The van der Waals surface area contributed by atoms with Crippen molar-refractivity contribution in [2.24, 2.45) is 11.8 Å². The summed E-state index contributed by atoms with van der Waals surface area (Å²) in [7, 11) is 0. The van der Waals surface area contributed by atoms with Crippen molar-refractivity contribution in [2.45, 2.75) is 50.6 Å². The molecule has 0 unspecified atom stereocenters. The number of thioether (sulfide) groups is 1. The molecule has 0 saturated carbocycles. The molecule has 0 radical (unpaired) electrons. The minimum Gasteiger partial charge on any atom is -0.543 e. The van der Waals surface area contributed by atoms with Crippen molar-refractivity contribution in [3.63, 3.8) is 0 Å². The molecular formula is C15H19N2NaO5S. The first kappa shape index (κ1) is 19.8. The van der Waals surface area contributed by atoms with Gasteiger partial charge in [0, 0.05) is 28.5 Å². The Kier molecular flexibility index (Phi) is 5.76. The number of carbonyl (C=O) groups is 3. The number of carboxylic acids is 1. The van der Waals surface area contributed by atoms with Gasteiger partial charge in [-0.15, -0.1) is 11.8 Å². The predicted molar refractivity (Wildman–Crippen MR) is 80.6 cm³/mol. The summed E-state index contributed by atoms with van der Waals surface area (Å²) in [5.41, 5.74) is -0.0963. The standard InChI is InChI=1S/C15H20N2O5S.Na/c1-5-11-10(7(3)18)14(20)17(11)12(15(21)22)13(5)23-8-4-9(19)16-6(8)2;/h5-8,10-11,18H,4H2,1-3H3,(H,16,19)(H,21,22);/q;+1/p-1/t5-,6-,7-,8-,10-,11-;/m1./s1. The molecule has 3 aliphatic heterocycles. The molecule has 126 valence electrons. The van der Waals surface area contributed by atoms with Crippen LogP contribution in [0.5, 0.6) is 0 Å². The topological polar surface area (TPSA) is 110 Å². The fourth-order valence-corrected chi connectivity index (χ4v) is 5.22. The molecule has 9 heteroatoms. The summed E-state index contributed by atoms with van der Waals surface area (Å²) < 4.78 is 0. The average molecular weight is 362 g/mol. The van der Waals surface area contributed by atoms with Crippen LogP contribution in [-0.2, 0) is 14.4 Å². The molecule has 24 heavy (non-hydrogen) atoms. The number of amides is 2. The smallest absolute Gasteiger partial charge is 0.543 e. The van der Waals surface area contributed by atoms with Crippen LogP contribution in [0.25, 0.3) is 0 Å². The summed E-state index contributed by atoms with van der Waals surface area (Å²) in [6.07, 6.45) is -0.506. The third-order valence-corrected chi connectivity index (χ3v) is 6.61. The largest absolute Gasteiger partial charge is 1.00 e. The fourth-order valence-electron chi connectivity index (χ4n) is 3.74. The molecule has 3 aliphatic rings. The Labute approximate surface area is 166 Å². The zero-order valence-electron chi connectivity index (χ0n) is 14.1. The van der Waals surface area contributed by atoms with Crippen LogP contribution < -0.4 is 40.0 Å². The summed E-state index contributed by atoms with van der Waals surface area (Å²) in [6, 6.07) is -0.412. The molecule has 3 heterocycles. The number of hydrogen-bond donors (Lipinski definition) is 2. The van der Waals surface area contributed by atoms with E-state index in [1.807, 2.05) is 13.8 Å². The van der Waals surface area contributed by atoms with Crippen LogP contribution >= 0.6 is 11.8 Å². The van der Waals surface area contributed by atoms with Crippen molar-refractivity contribution in [3.8, 4) is 0 Å². The molecule has 6 atom stereocenters. The van der Waals surface area contributed by atoms with Crippen molar-refractivity contribution >= 4 is 29.5 Å². The van der Waals surface area contributed by atoms with Gasteiger partial charge in [-0.2, -0.15) is 0 Å². The molecule has 0 aromatic carbocycles. The molecule has 0 aromatic rings. The van der Waals surface area contributed by atoms with Crippen LogP contribution in [0.4, 0.5) is 0 Å². The molecule has 7 nitrogen and oxygen atoms in total. The number of β-lactam (4-membered cyclic amide) rings is 1. The number of aliphatic carboxylic acids is 1. The van der Waals surface area contributed by atoms with Gasteiger partial charge in [0.2, 0.25) is 11.8 Å². The van der Waals surface area contributed by atoms with Gasteiger partial charge in [0.05, 0.1) is 29.7 Å². The number of rotatable bonds is 4. The van der Waals surface area contributed by atoms with Crippen molar-refractivity contribution < 1.29 is 54.2 Å².